The number of benzene rings is 1. The van der Waals surface area contributed by atoms with E-state index in [1.54, 1.807) is 12.1 Å². The van der Waals surface area contributed by atoms with E-state index in [9.17, 15) is 8.78 Å². The highest BCUT2D eigenvalue weighted by Crippen LogP contribution is 2.34. The van der Waals surface area contributed by atoms with Gasteiger partial charge in [-0.2, -0.15) is 14.0 Å². The van der Waals surface area contributed by atoms with Crippen LogP contribution in [0.25, 0.3) is 11.3 Å². The molecule has 9 nitrogen and oxygen atoms in total. The Morgan fingerprint density at radius 1 is 1.15 bits per heavy atom. The summed E-state index contributed by atoms with van der Waals surface area (Å²) in [4.78, 5) is 15.1. The van der Waals surface area contributed by atoms with Crippen molar-refractivity contribution in [2.45, 2.75) is 38.3 Å². The van der Waals surface area contributed by atoms with Gasteiger partial charge in [0.1, 0.15) is 23.6 Å². The summed E-state index contributed by atoms with van der Waals surface area (Å²) < 4.78 is 31.3. The van der Waals surface area contributed by atoms with Gasteiger partial charge in [-0.15, -0.1) is 0 Å². The van der Waals surface area contributed by atoms with Crippen molar-refractivity contribution in [2.24, 2.45) is 0 Å². The Hall–Kier alpha value is -3.94. The van der Waals surface area contributed by atoms with Gasteiger partial charge >= 0.3 is 6.61 Å². The van der Waals surface area contributed by atoms with Crippen molar-refractivity contribution >= 4 is 17.3 Å². The molecule has 0 unspecified atom stereocenters. The predicted molar refractivity (Wildman–Crippen MR) is 120 cm³/mol. The number of hydrogen-bond acceptors (Lipinski definition) is 8. The number of nitriles is 1. The average molecular weight is 454 g/mol. The molecule has 3 heterocycles. The second-order valence-electron chi connectivity index (χ2n) is 7.75. The molecule has 1 aliphatic rings. The maximum absolute atomic E-state index is 12.4. The summed E-state index contributed by atoms with van der Waals surface area (Å²) in [7, 11) is 0. The smallest absolute Gasteiger partial charge is 0.387 e. The largest absolute Gasteiger partial charge is 0.435 e. The van der Waals surface area contributed by atoms with Crippen LogP contribution in [0.1, 0.15) is 31.0 Å². The van der Waals surface area contributed by atoms with Gasteiger partial charge in [-0.25, -0.2) is 15.0 Å². The molecule has 0 atom stereocenters. The van der Waals surface area contributed by atoms with Gasteiger partial charge < -0.3 is 25.7 Å². The van der Waals surface area contributed by atoms with E-state index in [0.717, 1.165) is 43.0 Å². The van der Waals surface area contributed by atoms with E-state index in [2.05, 4.69) is 25.7 Å². The number of anilines is 3. The number of nitrogens with two attached hydrogens (primary N) is 2. The van der Waals surface area contributed by atoms with E-state index in [1.165, 1.54) is 18.5 Å². The Balaban J connectivity index is 1.53. The summed E-state index contributed by atoms with van der Waals surface area (Å²) >= 11 is 0. The van der Waals surface area contributed by atoms with Gasteiger partial charge in [0, 0.05) is 37.3 Å². The first-order chi connectivity index (χ1) is 16.0. The van der Waals surface area contributed by atoms with Crippen LogP contribution in [-0.2, 0) is 6.54 Å². The lowest BCUT2D eigenvalue weighted by atomic mass is 9.95. The molecule has 3 aromatic rings. The lowest BCUT2D eigenvalue weighted by Crippen LogP contribution is -2.35. The van der Waals surface area contributed by atoms with E-state index in [1.807, 2.05) is 10.8 Å². The maximum Gasteiger partial charge on any atom is 0.387 e. The van der Waals surface area contributed by atoms with Gasteiger partial charge in [0.05, 0.1) is 18.2 Å². The normalized spacial score (nSPS) is 14.4. The molecule has 2 aromatic heterocycles. The van der Waals surface area contributed by atoms with Crippen LogP contribution < -0.4 is 21.1 Å². The van der Waals surface area contributed by atoms with E-state index >= 15 is 0 Å². The number of imidazole rings is 1. The lowest BCUT2D eigenvalue weighted by molar-refractivity contribution is -0.0498. The molecule has 172 valence electrons. The highest BCUT2D eigenvalue weighted by molar-refractivity contribution is 5.73. The third-order valence-corrected chi connectivity index (χ3v) is 5.70. The molecule has 0 aliphatic carbocycles. The SMILES string of the molecule is N#CCCn1cc(-c2ccc(OC(F)F)cc2)nc1C1CCN(c2ncnc(N)c2N)CC1. The van der Waals surface area contributed by atoms with Crippen LogP contribution in [0.3, 0.4) is 0 Å². The van der Waals surface area contributed by atoms with Gasteiger partial charge in [0.2, 0.25) is 0 Å². The predicted octanol–water partition coefficient (Wildman–Crippen LogP) is 3.40. The number of nitrogens with zero attached hydrogens (tertiary/aromatic N) is 6. The quantitative estimate of drug-likeness (QED) is 0.555. The number of piperidine rings is 1. The molecule has 1 saturated heterocycles. The van der Waals surface area contributed by atoms with E-state index < -0.39 is 6.61 Å². The van der Waals surface area contributed by atoms with Crippen molar-refractivity contribution in [3.8, 4) is 23.1 Å². The fourth-order valence-corrected chi connectivity index (χ4v) is 4.05. The Kier molecular flexibility index (Phi) is 6.53. The summed E-state index contributed by atoms with van der Waals surface area (Å²) in [6.07, 6.45) is 5.33. The first kappa shape index (κ1) is 22.3. The van der Waals surface area contributed by atoms with Crippen molar-refractivity contribution in [1.82, 2.24) is 19.5 Å². The molecule has 4 rings (SSSR count). The van der Waals surface area contributed by atoms with E-state index in [0.29, 0.717) is 24.5 Å². The highest BCUT2D eigenvalue weighted by atomic mass is 19.3. The van der Waals surface area contributed by atoms with Crippen LogP contribution >= 0.6 is 0 Å². The standard InChI is InChI=1S/C22H24F2N8O/c23-22(24)33-16-4-2-14(3-5-16)17-12-32(9-1-8-25)20(30-17)15-6-10-31(11-7-15)21-18(26)19(27)28-13-29-21/h2-5,12-13,15,22H,1,6-7,9-11,26H2,(H2,27,28,29). The molecule has 0 amide bonds. The highest BCUT2D eigenvalue weighted by Gasteiger charge is 2.27. The summed E-state index contributed by atoms with van der Waals surface area (Å²) in [5, 5.41) is 9.06. The minimum absolute atomic E-state index is 0.0925. The molecule has 33 heavy (non-hydrogen) atoms. The molecule has 1 aromatic carbocycles. The zero-order valence-corrected chi connectivity index (χ0v) is 17.9. The van der Waals surface area contributed by atoms with Crippen LogP contribution in [0.15, 0.2) is 36.8 Å². The van der Waals surface area contributed by atoms with Crippen molar-refractivity contribution < 1.29 is 13.5 Å². The molecule has 0 spiro atoms. The topological polar surface area (TPSA) is 132 Å². The fourth-order valence-electron chi connectivity index (χ4n) is 4.05. The molecule has 0 saturated carbocycles. The van der Waals surface area contributed by atoms with Crippen molar-refractivity contribution in [1.29, 1.82) is 5.26 Å². The molecular formula is C22H24F2N8O. The van der Waals surface area contributed by atoms with Crippen LogP contribution in [0.2, 0.25) is 0 Å². The number of rotatable bonds is 7. The van der Waals surface area contributed by atoms with E-state index in [-0.39, 0.29) is 17.5 Å². The Morgan fingerprint density at radius 2 is 1.88 bits per heavy atom. The molecule has 0 bridgehead atoms. The summed E-state index contributed by atoms with van der Waals surface area (Å²) in [5.41, 5.74) is 13.8. The third kappa shape index (κ3) is 4.95. The van der Waals surface area contributed by atoms with Crippen molar-refractivity contribution in [2.75, 3.05) is 29.5 Å². The first-order valence-corrected chi connectivity index (χ1v) is 10.6. The summed E-state index contributed by atoms with van der Waals surface area (Å²) in [5.74, 6) is 2.10. The molecule has 4 N–H and O–H groups in total. The van der Waals surface area contributed by atoms with Crippen LogP contribution in [-0.4, -0.2) is 39.2 Å². The summed E-state index contributed by atoms with van der Waals surface area (Å²) in [6.45, 7) is -0.884. The van der Waals surface area contributed by atoms with Gasteiger partial charge in [-0.3, -0.25) is 0 Å². The average Bonchev–Trinajstić information content (AvgIpc) is 3.24. The van der Waals surface area contributed by atoms with Crippen molar-refractivity contribution in [3.63, 3.8) is 0 Å². The van der Waals surface area contributed by atoms with Gasteiger partial charge in [0.15, 0.2) is 11.6 Å². The minimum atomic E-state index is -2.87. The Morgan fingerprint density at radius 3 is 2.55 bits per heavy atom. The maximum atomic E-state index is 12.4. The third-order valence-electron chi connectivity index (χ3n) is 5.70. The summed E-state index contributed by atoms with van der Waals surface area (Å²) in [6, 6.07) is 8.56. The Bertz CT molecular complexity index is 1130. The minimum Gasteiger partial charge on any atom is -0.435 e. The number of hydrogen-bond donors (Lipinski definition) is 2. The van der Waals surface area contributed by atoms with Crippen LogP contribution in [0.5, 0.6) is 5.75 Å². The number of halogens is 2. The van der Waals surface area contributed by atoms with Gasteiger partial charge in [-0.1, -0.05) is 0 Å². The zero-order chi connectivity index (χ0) is 23.4. The first-order valence-electron chi connectivity index (χ1n) is 10.6. The molecule has 11 heteroatoms. The number of ether oxygens (including phenoxy) is 1. The fraction of sp³-hybridized carbons (Fsp3) is 0.364. The van der Waals surface area contributed by atoms with Gasteiger partial charge in [-0.05, 0) is 37.1 Å². The van der Waals surface area contributed by atoms with Gasteiger partial charge in [0.25, 0.3) is 0 Å². The second kappa shape index (κ2) is 9.68. The molecule has 1 aliphatic heterocycles. The number of aromatic nitrogens is 4. The number of nitrogen functional groups attached to an aromatic ring is 2. The molecule has 1 fully saturated rings. The van der Waals surface area contributed by atoms with Crippen molar-refractivity contribution in [3.05, 3.63) is 42.6 Å². The van der Waals surface area contributed by atoms with E-state index in [4.69, 9.17) is 21.7 Å². The van der Waals surface area contributed by atoms with Crippen LogP contribution in [0.4, 0.5) is 26.1 Å². The van der Waals surface area contributed by atoms with Crippen LogP contribution in [0, 0.1) is 11.3 Å². The Labute approximate surface area is 189 Å². The number of aryl methyl sites for hydroxylation is 1. The second-order valence-corrected chi connectivity index (χ2v) is 7.75. The molecular weight excluding hydrogens is 430 g/mol. The monoisotopic (exact) mass is 454 g/mol. The number of alkyl halides is 2. The lowest BCUT2D eigenvalue weighted by Gasteiger charge is -2.33. The zero-order valence-electron chi connectivity index (χ0n) is 17.9. The molecule has 0 radical (unpaired) electrons.